The van der Waals surface area contributed by atoms with Gasteiger partial charge in [-0.3, -0.25) is 0 Å². The molecule has 1 unspecified atom stereocenters. The van der Waals surface area contributed by atoms with Gasteiger partial charge in [-0.2, -0.15) is 0 Å². The van der Waals surface area contributed by atoms with E-state index in [-0.39, 0.29) is 5.60 Å². The minimum absolute atomic E-state index is 0.0588. The zero-order valence-corrected chi connectivity index (χ0v) is 12.8. The van der Waals surface area contributed by atoms with E-state index in [4.69, 9.17) is 4.74 Å². The first-order chi connectivity index (χ1) is 9.45. The van der Waals surface area contributed by atoms with Crippen LogP contribution in [0.15, 0.2) is 36.0 Å². The number of fused-ring (bicyclic) bond motifs is 1. The van der Waals surface area contributed by atoms with E-state index in [0.29, 0.717) is 6.10 Å². The molecule has 1 fully saturated rings. The highest BCUT2D eigenvalue weighted by atomic mass is 16.6. The molecule has 2 heterocycles. The molecule has 0 saturated carbocycles. The van der Waals surface area contributed by atoms with Gasteiger partial charge in [-0.15, -0.1) is 0 Å². The number of aromatic amines is 1. The SMILES string of the molecule is CC(C)=CCc1ccc2[nH]cc(CC3OC3(C)C)c2c1. The van der Waals surface area contributed by atoms with Gasteiger partial charge in [0.05, 0.1) is 11.7 Å². The van der Waals surface area contributed by atoms with Crippen LogP contribution in [0, 0.1) is 0 Å². The maximum Gasteiger partial charge on any atom is 0.0908 e. The fraction of sp³-hybridized carbons (Fsp3) is 0.444. The first-order valence-electron chi connectivity index (χ1n) is 7.36. The molecule has 1 saturated heterocycles. The molecule has 2 heteroatoms. The van der Waals surface area contributed by atoms with E-state index in [1.165, 1.54) is 27.6 Å². The number of ether oxygens (including phenoxy) is 1. The standard InChI is InChI=1S/C18H23NO/c1-12(2)5-6-13-7-8-16-15(9-13)14(11-19-16)10-17-18(3,4)20-17/h5,7-9,11,17,19H,6,10H2,1-4H3. The van der Waals surface area contributed by atoms with Crippen LogP contribution >= 0.6 is 0 Å². The van der Waals surface area contributed by atoms with Crippen LogP contribution in [0.2, 0.25) is 0 Å². The second kappa shape index (κ2) is 4.78. The average molecular weight is 269 g/mol. The van der Waals surface area contributed by atoms with Crippen LogP contribution < -0.4 is 0 Å². The molecular formula is C18H23NO. The molecule has 0 amide bonds. The second-order valence-corrected chi connectivity index (χ2v) is 6.59. The third-order valence-corrected chi connectivity index (χ3v) is 4.15. The normalized spacial score (nSPS) is 20.1. The van der Waals surface area contributed by atoms with Crippen molar-refractivity contribution in [1.29, 1.82) is 0 Å². The number of aromatic nitrogens is 1. The van der Waals surface area contributed by atoms with Gasteiger partial charge in [0.25, 0.3) is 0 Å². The van der Waals surface area contributed by atoms with E-state index in [1.807, 2.05) is 0 Å². The Morgan fingerprint density at radius 3 is 2.75 bits per heavy atom. The third-order valence-electron chi connectivity index (χ3n) is 4.15. The Balaban J connectivity index is 1.86. The molecule has 2 nitrogen and oxygen atoms in total. The Bertz CT molecular complexity index is 659. The summed E-state index contributed by atoms with van der Waals surface area (Å²) >= 11 is 0. The predicted molar refractivity (Wildman–Crippen MR) is 84.1 cm³/mol. The average Bonchev–Trinajstić information content (AvgIpc) is 2.81. The number of hydrogen-bond donors (Lipinski definition) is 1. The van der Waals surface area contributed by atoms with Crippen molar-refractivity contribution in [3.63, 3.8) is 0 Å². The van der Waals surface area contributed by atoms with Gasteiger partial charge < -0.3 is 9.72 Å². The van der Waals surface area contributed by atoms with E-state index in [1.54, 1.807) is 0 Å². The molecular weight excluding hydrogens is 246 g/mol. The highest BCUT2D eigenvalue weighted by Gasteiger charge is 2.47. The lowest BCUT2D eigenvalue weighted by Gasteiger charge is -2.01. The van der Waals surface area contributed by atoms with Crippen molar-refractivity contribution in [3.05, 3.63) is 47.2 Å². The minimum atomic E-state index is 0.0588. The molecule has 1 aliphatic rings. The van der Waals surface area contributed by atoms with E-state index in [9.17, 15) is 0 Å². The van der Waals surface area contributed by atoms with Gasteiger partial charge in [0, 0.05) is 23.5 Å². The van der Waals surface area contributed by atoms with Crippen LogP contribution in [0.4, 0.5) is 0 Å². The molecule has 1 aromatic carbocycles. The number of hydrogen-bond acceptors (Lipinski definition) is 1. The Morgan fingerprint density at radius 1 is 1.35 bits per heavy atom. The fourth-order valence-corrected chi connectivity index (χ4v) is 2.66. The van der Waals surface area contributed by atoms with Gasteiger partial charge in [0.15, 0.2) is 0 Å². The van der Waals surface area contributed by atoms with Gasteiger partial charge in [0.2, 0.25) is 0 Å². The molecule has 3 rings (SSSR count). The molecule has 0 spiro atoms. The van der Waals surface area contributed by atoms with Crippen molar-refractivity contribution < 1.29 is 4.74 Å². The molecule has 0 bridgehead atoms. The zero-order valence-electron chi connectivity index (χ0n) is 12.8. The van der Waals surface area contributed by atoms with E-state index < -0.39 is 0 Å². The van der Waals surface area contributed by atoms with Gasteiger partial charge in [0.1, 0.15) is 0 Å². The van der Waals surface area contributed by atoms with E-state index in [2.05, 4.69) is 63.2 Å². The monoisotopic (exact) mass is 269 g/mol. The van der Waals surface area contributed by atoms with Gasteiger partial charge in [-0.25, -0.2) is 0 Å². The summed E-state index contributed by atoms with van der Waals surface area (Å²) in [5.74, 6) is 0. The molecule has 106 valence electrons. The van der Waals surface area contributed by atoms with Crippen LogP contribution in [0.25, 0.3) is 10.9 Å². The molecule has 20 heavy (non-hydrogen) atoms. The van der Waals surface area contributed by atoms with E-state index in [0.717, 1.165) is 12.8 Å². The molecule has 0 radical (unpaired) electrons. The number of epoxide rings is 1. The van der Waals surface area contributed by atoms with Crippen LogP contribution in [-0.2, 0) is 17.6 Å². The fourth-order valence-electron chi connectivity index (χ4n) is 2.66. The van der Waals surface area contributed by atoms with Crippen LogP contribution in [-0.4, -0.2) is 16.7 Å². The predicted octanol–water partition coefficient (Wildman–Crippen LogP) is 4.40. The van der Waals surface area contributed by atoms with Crippen molar-refractivity contribution >= 4 is 10.9 Å². The summed E-state index contributed by atoms with van der Waals surface area (Å²) in [4.78, 5) is 3.37. The molecule has 2 aromatic rings. The van der Waals surface area contributed by atoms with Gasteiger partial charge >= 0.3 is 0 Å². The lowest BCUT2D eigenvalue weighted by atomic mass is 10.0. The van der Waals surface area contributed by atoms with E-state index >= 15 is 0 Å². The first-order valence-corrected chi connectivity index (χ1v) is 7.36. The van der Waals surface area contributed by atoms with Gasteiger partial charge in [-0.05, 0) is 57.4 Å². The number of benzene rings is 1. The van der Waals surface area contributed by atoms with Crippen molar-refractivity contribution in [1.82, 2.24) is 4.98 Å². The Morgan fingerprint density at radius 2 is 2.10 bits per heavy atom. The van der Waals surface area contributed by atoms with Crippen molar-refractivity contribution in [2.24, 2.45) is 0 Å². The molecule has 1 N–H and O–H groups in total. The molecule has 1 aliphatic heterocycles. The first kappa shape index (κ1) is 13.4. The lowest BCUT2D eigenvalue weighted by molar-refractivity contribution is 0.323. The van der Waals surface area contributed by atoms with Crippen molar-refractivity contribution in [2.45, 2.75) is 52.2 Å². The van der Waals surface area contributed by atoms with Crippen LogP contribution in [0.5, 0.6) is 0 Å². The topological polar surface area (TPSA) is 28.3 Å². The van der Waals surface area contributed by atoms with Gasteiger partial charge in [-0.1, -0.05) is 17.7 Å². The number of allylic oxidation sites excluding steroid dienone is 2. The summed E-state index contributed by atoms with van der Waals surface area (Å²) in [5, 5.41) is 1.34. The molecule has 1 atom stereocenters. The van der Waals surface area contributed by atoms with Crippen LogP contribution in [0.3, 0.4) is 0 Å². The number of rotatable bonds is 4. The molecule has 0 aliphatic carbocycles. The zero-order chi connectivity index (χ0) is 14.3. The summed E-state index contributed by atoms with van der Waals surface area (Å²) in [7, 11) is 0. The highest BCUT2D eigenvalue weighted by Crippen LogP contribution is 2.38. The summed E-state index contributed by atoms with van der Waals surface area (Å²) in [6, 6.07) is 6.71. The smallest absolute Gasteiger partial charge is 0.0908 e. The maximum absolute atomic E-state index is 5.71. The maximum atomic E-state index is 5.71. The Labute approximate surface area is 120 Å². The summed E-state index contributed by atoms with van der Waals surface area (Å²) in [6.07, 6.45) is 6.78. The molecule has 1 aromatic heterocycles. The minimum Gasteiger partial charge on any atom is -0.366 e. The second-order valence-electron chi connectivity index (χ2n) is 6.59. The van der Waals surface area contributed by atoms with Crippen molar-refractivity contribution in [2.75, 3.05) is 0 Å². The summed E-state index contributed by atoms with van der Waals surface area (Å²) in [6.45, 7) is 8.61. The highest BCUT2D eigenvalue weighted by molar-refractivity contribution is 5.84. The Hall–Kier alpha value is -1.54. The third kappa shape index (κ3) is 2.66. The number of H-pyrrole nitrogens is 1. The largest absolute Gasteiger partial charge is 0.366 e. The Kier molecular flexibility index (Phi) is 3.21. The van der Waals surface area contributed by atoms with Crippen molar-refractivity contribution in [3.8, 4) is 0 Å². The summed E-state index contributed by atoms with van der Waals surface area (Å²) < 4.78 is 5.71. The lowest BCUT2D eigenvalue weighted by Crippen LogP contribution is -2.05. The quantitative estimate of drug-likeness (QED) is 0.647. The number of nitrogens with one attached hydrogen (secondary N) is 1. The van der Waals surface area contributed by atoms with Crippen LogP contribution in [0.1, 0.15) is 38.8 Å². The summed E-state index contributed by atoms with van der Waals surface area (Å²) in [5.41, 5.74) is 5.39.